The Morgan fingerprint density at radius 2 is 1.94 bits per heavy atom. The number of hydrogen-bond acceptors (Lipinski definition) is 3. The van der Waals surface area contributed by atoms with Gasteiger partial charge in [-0.15, -0.1) is 0 Å². The second kappa shape index (κ2) is 10.8. The number of rotatable bonds is 6. The van der Waals surface area contributed by atoms with Gasteiger partial charge in [-0.3, -0.25) is 4.79 Å². The normalized spacial score (nSPS) is 11.1. The fraction of sp³-hybridized carbons (Fsp3) is 0.154. The van der Waals surface area contributed by atoms with E-state index in [0.717, 1.165) is 35.9 Å². The number of carbonyl (C=O) groups excluding carboxylic acids is 1. The predicted molar refractivity (Wildman–Crippen MR) is 141 cm³/mol. The van der Waals surface area contributed by atoms with Gasteiger partial charge in [-0.05, 0) is 89.0 Å². The van der Waals surface area contributed by atoms with Crippen LogP contribution < -0.4 is 10.1 Å². The van der Waals surface area contributed by atoms with Crippen LogP contribution in [-0.2, 0) is 11.2 Å². The van der Waals surface area contributed by atoms with E-state index in [-0.39, 0.29) is 5.57 Å². The van der Waals surface area contributed by atoms with Crippen LogP contribution in [-0.4, -0.2) is 13.0 Å². The van der Waals surface area contributed by atoms with Crippen molar-refractivity contribution in [3.05, 3.63) is 96.0 Å². The number of hydrogen-bond donors (Lipinski definition) is 1. The molecule has 162 valence electrons. The topological polar surface area (TPSA) is 62.1 Å². The van der Waals surface area contributed by atoms with Crippen LogP contribution in [0.1, 0.15) is 27.8 Å². The Balaban J connectivity index is 1.91. The highest BCUT2D eigenvalue weighted by Gasteiger charge is 2.15. The molecule has 0 saturated carbocycles. The maximum Gasteiger partial charge on any atom is 0.266 e. The molecule has 0 aromatic heterocycles. The average molecular weight is 601 g/mol. The molecule has 4 nitrogen and oxygen atoms in total. The van der Waals surface area contributed by atoms with E-state index in [0.29, 0.717) is 17.9 Å². The quantitative estimate of drug-likeness (QED) is 0.192. The van der Waals surface area contributed by atoms with Crippen LogP contribution >= 0.6 is 38.5 Å². The second-order valence-electron chi connectivity index (χ2n) is 7.32. The van der Waals surface area contributed by atoms with Gasteiger partial charge in [-0.25, -0.2) is 0 Å². The van der Waals surface area contributed by atoms with Gasteiger partial charge in [0.2, 0.25) is 0 Å². The summed E-state index contributed by atoms with van der Waals surface area (Å²) in [6, 6.07) is 19.6. The third-order valence-corrected chi connectivity index (χ3v) is 6.99. The summed E-state index contributed by atoms with van der Waals surface area (Å²) >= 11 is 5.87. The monoisotopic (exact) mass is 600 g/mol. The standard InChI is InChI=1S/C26H22BrIN2O2/c1-16-7-6-10-24(17(16)2)30-26(31)20(15-29)11-18-12-23(28)21(25(13-18)32-3)14-19-8-4-5-9-22(19)27/h4-13H,14H2,1-3H3,(H,30,31)/b20-11+. The van der Waals surface area contributed by atoms with Crippen LogP contribution in [0, 0.1) is 28.7 Å². The van der Waals surface area contributed by atoms with Crippen molar-refractivity contribution in [2.45, 2.75) is 20.3 Å². The van der Waals surface area contributed by atoms with Crippen LogP contribution in [0.15, 0.2) is 64.6 Å². The van der Waals surface area contributed by atoms with E-state index in [9.17, 15) is 10.1 Å². The van der Waals surface area contributed by atoms with Gasteiger partial charge in [0.25, 0.3) is 5.91 Å². The van der Waals surface area contributed by atoms with E-state index in [1.807, 2.05) is 68.4 Å². The van der Waals surface area contributed by atoms with Crippen LogP contribution in [0.4, 0.5) is 5.69 Å². The van der Waals surface area contributed by atoms with E-state index in [4.69, 9.17) is 4.74 Å². The van der Waals surface area contributed by atoms with Gasteiger partial charge in [0.05, 0.1) is 7.11 Å². The minimum atomic E-state index is -0.438. The Kier molecular flexibility index (Phi) is 8.10. The Morgan fingerprint density at radius 3 is 2.62 bits per heavy atom. The zero-order valence-corrected chi connectivity index (χ0v) is 21.7. The fourth-order valence-corrected chi connectivity index (χ4v) is 4.53. The highest BCUT2D eigenvalue weighted by molar-refractivity contribution is 14.1. The summed E-state index contributed by atoms with van der Waals surface area (Å²) < 4.78 is 7.68. The molecule has 1 N–H and O–H groups in total. The molecular weight excluding hydrogens is 579 g/mol. The lowest BCUT2D eigenvalue weighted by Gasteiger charge is -2.14. The van der Waals surface area contributed by atoms with Crippen molar-refractivity contribution in [2.24, 2.45) is 0 Å². The lowest BCUT2D eigenvalue weighted by Crippen LogP contribution is -2.14. The van der Waals surface area contributed by atoms with E-state index >= 15 is 0 Å². The third kappa shape index (κ3) is 5.59. The Hall–Kier alpha value is -2.63. The molecule has 0 aliphatic heterocycles. The Labute approximate surface area is 210 Å². The molecule has 3 aromatic carbocycles. The molecule has 0 fully saturated rings. The van der Waals surface area contributed by atoms with Crippen molar-refractivity contribution in [3.8, 4) is 11.8 Å². The van der Waals surface area contributed by atoms with E-state index in [1.54, 1.807) is 13.2 Å². The number of ether oxygens (including phenoxy) is 1. The minimum Gasteiger partial charge on any atom is -0.496 e. The number of nitriles is 1. The highest BCUT2D eigenvalue weighted by atomic mass is 127. The number of aryl methyl sites for hydroxylation is 1. The molecule has 0 saturated heterocycles. The van der Waals surface area contributed by atoms with Crippen LogP contribution in [0.3, 0.4) is 0 Å². The van der Waals surface area contributed by atoms with E-state index < -0.39 is 5.91 Å². The molecule has 0 spiro atoms. The van der Waals surface area contributed by atoms with Gasteiger partial charge in [0.15, 0.2) is 0 Å². The van der Waals surface area contributed by atoms with Crippen LogP contribution in [0.5, 0.6) is 5.75 Å². The lowest BCUT2D eigenvalue weighted by molar-refractivity contribution is -0.112. The number of amides is 1. The summed E-state index contributed by atoms with van der Waals surface area (Å²) in [5.74, 6) is 0.276. The molecule has 6 heteroatoms. The largest absolute Gasteiger partial charge is 0.496 e. The number of carbonyl (C=O) groups is 1. The molecule has 32 heavy (non-hydrogen) atoms. The third-order valence-electron chi connectivity index (χ3n) is 5.25. The van der Waals surface area contributed by atoms with E-state index in [2.05, 4.69) is 49.9 Å². The molecular formula is C26H22BrIN2O2. The van der Waals surface area contributed by atoms with Crippen molar-refractivity contribution in [3.63, 3.8) is 0 Å². The summed E-state index contributed by atoms with van der Waals surface area (Å²) in [5.41, 5.74) is 5.72. The first kappa shape index (κ1) is 24.0. The van der Waals surface area contributed by atoms with Crippen molar-refractivity contribution in [2.75, 3.05) is 12.4 Å². The van der Waals surface area contributed by atoms with Gasteiger partial charge >= 0.3 is 0 Å². The summed E-state index contributed by atoms with van der Waals surface area (Å²) in [6.45, 7) is 3.92. The van der Waals surface area contributed by atoms with E-state index in [1.165, 1.54) is 0 Å². The zero-order chi connectivity index (χ0) is 23.3. The molecule has 0 radical (unpaired) electrons. The summed E-state index contributed by atoms with van der Waals surface area (Å²) in [7, 11) is 1.63. The number of benzene rings is 3. The smallest absolute Gasteiger partial charge is 0.266 e. The molecule has 0 atom stereocenters. The molecule has 1 amide bonds. The molecule has 0 bridgehead atoms. The molecule has 0 aliphatic rings. The first-order valence-electron chi connectivity index (χ1n) is 9.93. The number of methoxy groups -OCH3 is 1. The first-order valence-corrected chi connectivity index (χ1v) is 11.8. The molecule has 3 rings (SSSR count). The minimum absolute atomic E-state index is 0.0299. The van der Waals surface area contributed by atoms with Crippen molar-refractivity contribution < 1.29 is 9.53 Å². The summed E-state index contributed by atoms with van der Waals surface area (Å²) in [5, 5.41) is 12.5. The predicted octanol–water partition coefficient (Wildman–Crippen LogP) is 6.82. The average Bonchev–Trinajstić information content (AvgIpc) is 2.77. The highest BCUT2D eigenvalue weighted by Crippen LogP contribution is 2.31. The molecule has 0 heterocycles. The Morgan fingerprint density at radius 1 is 1.19 bits per heavy atom. The maximum atomic E-state index is 12.8. The molecule has 0 aliphatic carbocycles. The van der Waals surface area contributed by atoms with Crippen molar-refractivity contribution in [1.29, 1.82) is 5.26 Å². The van der Waals surface area contributed by atoms with Gasteiger partial charge < -0.3 is 10.1 Å². The van der Waals surface area contributed by atoms with Gasteiger partial charge in [-0.1, -0.05) is 46.3 Å². The number of nitrogens with zero attached hydrogens (tertiary/aromatic N) is 1. The zero-order valence-electron chi connectivity index (χ0n) is 18.0. The number of nitrogens with one attached hydrogen (secondary N) is 1. The van der Waals surface area contributed by atoms with Gasteiger partial charge in [0, 0.05) is 25.7 Å². The second-order valence-corrected chi connectivity index (χ2v) is 9.34. The maximum absolute atomic E-state index is 12.8. The number of halogens is 2. The van der Waals surface area contributed by atoms with Crippen LogP contribution in [0.25, 0.3) is 6.08 Å². The summed E-state index contributed by atoms with van der Waals surface area (Å²) in [4.78, 5) is 12.8. The van der Waals surface area contributed by atoms with Crippen LogP contribution in [0.2, 0.25) is 0 Å². The molecule has 3 aromatic rings. The summed E-state index contributed by atoms with van der Waals surface area (Å²) in [6.07, 6.45) is 2.29. The fourth-order valence-electron chi connectivity index (χ4n) is 3.29. The van der Waals surface area contributed by atoms with Gasteiger partial charge in [0.1, 0.15) is 17.4 Å². The Bertz CT molecular complexity index is 1250. The number of anilines is 1. The first-order chi connectivity index (χ1) is 15.3. The SMILES string of the molecule is COc1cc(/C=C(\C#N)C(=O)Nc2cccc(C)c2C)cc(I)c1Cc1ccccc1Br. The lowest BCUT2D eigenvalue weighted by atomic mass is 10.0. The van der Waals surface area contributed by atoms with Crippen molar-refractivity contribution in [1.82, 2.24) is 0 Å². The van der Waals surface area contributed by atoms with Gasteiger partial charge in [-0.2, -0.15) is 5.26 Å². The van der Waals surface area contributed by atoms with Crippen molar-refractivity contribution >= 4 is 56.2 Å². The molecule has 0 unspecified atom stereocenters.